The van der Waals surface area contributed by atoms with Crippen molar-refractivity contribution in [2.45, 2.75) is 13.3 Å². The van der Waals surface area contributed by atoms with Crippen molar-refractivity contribution in [2.75, 3.05) is 11.9 Å². The van der Waals surface area contributed by atoms with Gasteiger partial charge in [-0.1, -0.05) is 12.2 Å². The van der Waals surface area contributed by atoms with Gasteiger partial charge in [0.05, 0.1) is 5.56 Å². The summed E-state index contributed by atoms with van der Waals surface area (Å²) in [6.45, 7) is 2.71. The normalized spacial score (nSPS) is 10.4. The average Bonchev–Trinajstić information content (AvgIpc) is 2.75. The Kier molecular flexibility index (Phi) is 4.11. The highest BCUT2D eigenvalue weighted by molar-refractivity contribution is 7.80. The van der Waals surface area contributed by atoms with Crippen molar-refractivity contribution >= 4 is 23.0 Å². The highest BCUT2D eigenvalue weighted by Crippen LogP contribution is 2.16. The van der Waals surface area contributed by atoms with E-state index in [2.05, 4.69) is 15.3 Å². The summed E-state index contributed by atoms with van der Waals surface area (Å²) in [5.41, 5.74) is 7.59. The van der Waals surface area contributed by atoms with Crippen LogP contribution in [-0.2, 0) is 13.5 Å². The van der Waals surface area contributed by atoms with Crippen LogP contribution in [0.1, 0.15) is 17.0 Å². The van der Waals surface area contributed by atoms with Crippen LogP contribution < -0.4 is 11.1 Å². The van der Waals surface area contributed by atoms with E-state index in [1.165, 1.54) is 0 Å². The first-order valence-corrected chi connectivity index (χ1v) is 6.46. The molecule has 2 rings (SSSR count). The van der Waals surface area contributed by atoms with Gasteiger partial charge in [0.15, 0.2) is 0 Å². The predicted molar refractivity (Wildman–Crippen MR) is 80.3 cm³/mol. The number of hydrogen-bond donors (Lipinski definition) is 2. The van der Waals surface area contributed by atoms with Crippen molar-refractivity contribution in [3.8, 4) is 0 Å². The van der Waals surface area contributed by atoms with Gasteiger partial charge in [-0.05, 0) is 18.6 Å². The van der Waals surface area contributed by atoms with E-state index in [4.69, 9.17) is 18.0 Å². The Labute approximate surface area is 117 Å². The molecule has 0 unspecified atom stereocenters. The van der Waals surface area contributed by atoms with E-state index in [1.807, 2.05) is 30.8 Å². The van der Waals surface area contributed by atoms with E-state index < -0.39 is 0 Å². The first-order valence-electron chi connectivity index (χ1n) is 6.05. The summed E-state index contributed by atoms with van der Waals surface area (Å²) in [5, 5.41) is 3.27. The van der Waals surface area contributed by atoms with Crippen LogP contribution in [0.25, 0.3) is 0 Å². The van der Waals surface area contributed by atoms with Crippen molar-refractivity contribution < 1.29 is 0 Å². The minimum absolute atomic E-state index is 0.366. The fourth-order valence-electron chi connectivity index (χ4n) is 1.93. The molecular formula is C13H17N5S. The molecule has 0 fully saturated rings. The Hall–Kier alpha value is -1.95. The van der Waals surface area contributed by atoms with Gasteiger partial charge in [0.1, 0.15) is 16.6 Å². The van der Waals surface area contributed by atoms with Crippen LogP contribution in [0.3, 0.4) is 0 Å². The molecule has 0 atom stereocenters. The molecule has 0 saturated heterocycles. The van der Waals surface area contributed by atoms with Crippen LogP contribution >= 0.6 is 12.2 Å². The van der Waals surface area contributed by atoms with Gasteiger partial charge in [0.25, 0.3) is 0 Å². The van der Waals surface area contributed by atoms with E-state index >= 15 is 0 Å². The van der Waals surface area contributed by atoms with Crippen LogP contribution in [-0.4, -0.2) is 26.1 Å². The number of aromatic nitrogens is 3. The first kappa shape index (κ1) is 13.5. The molecule has 0 aliphatic rings. The SMILES string of the molecule is Cc1ccnc(NCCc2nccn2C)c1C(N)=S. The molecule has 0 spiro atoms. The van der Waals surface area contributed by atoms with Crippen molar-refractivity contribution in [3.63, 3.8) is 0 Å². The molecule has 3 N–H and O–H groups in total. The maximum Gasteiger partial charge on any atom is 0.136 e. The van der Waals surface area contributed by atoms with Crippen molar-refractivity contribution in [3.05, 3.63) is 41.6 Å². The van der Waals surface area contributed by atoms with Crippen molar-refractivity contribution in [1.82, 2.24) is 14.5 Å². The van der Waals surface area contributed by atoms with Crippen molar-refractivity contribution in [1.29, 1.82) is 0 Å². The summed E-state index contributed by atoms with van der Waals surface area (Å²) < 4.78 is 2.00. The Morgan fingerprint density at radius 3 is 2.84 bits per heavy atom. The summed E-state index contributed by atoms with van der Waals surface area (Å²) >= 11 is 5.07. The molecule has 0 saturated carbocycles. The molecular weight excluding hydrogens is 258 g/mol. The molecule has 5 nitrogen and oxygen atoms in total. The summed E-state index contributed by atoms with van der Waals surface area (Å²) in [6, 6.07) is 1.90. The standard InChI is InChI=1S/C13H17N5S/c1-9-3-5-16-13(11(9)12(14)19)17-6-4-10-15-7-8-18(10)2/h3,5,7-8H,4,6H2,1-2H3,(H2,14,19)(H,16,17). The van der Waals surface area contributed by atoms with Crippen LogP contribution in [0.4, 0.5) is 5.82 Å². The number of rotatable bonds is 5. The molecule has 100 valence electrons. The van der Waals surface area contributed by atoms with Gasteiger partial charge >= 0.3 is 0 Å². The van der Waals surface area contributed by atoms with Gasteiger partial charge in [0, 0.05) is 38.6 Å². The average molecular weight is 275 g/mol. The minimum Gasteiger partial charge on any atom is -0.389 e. The molecule has 0 aliphatic carbocycles. The lowest BCUT2D eigenvalue weighted by Gasteiger charge is -2.12. The molecule has 19 heavy (non-hydrogen) atoms. The summed E-state index contributed by atoms with van der Waals surface area (Å²) in [7, 11) is 1.98. The zero-order valence-corrected chi connectivity index (χ0v) is 11.9. The highest BCUT2D eigenvalue weighted by atomic mass is 32.1. The van der Waals surface area contributed by atoms with Gasteiger partial charge in [-0.3, -0.25) is 0 Å². The zero-order chi connectivity index (χ0) is 13.8. The van der Waals surface area contributed by atoms with Crippen LogP contribution in [0.5, 0.6) is 0 Å². The van der Waals surface area contributed by atoms with Gasteiger partial charge in [0.2, 0.25) is 0 Å². The fourth-order valence-corrected chi connectivity index (χ4v) is 2.19. The van der Waals surface area contributed by atoms with Crippen LogP contribution in [0, 0.1) is 6.92 Å². The third-order valence-corrected chi connectivity index (χ3v) is 3.17. The largest absolute Gasteiger partial charge is 0.389 e. The van der Waals surface area contributed by atoms with E-state index in [9.17, 15) is 0 Å². The number of imidazole rings is 1. The number of nitrogens with zero attached hydrogens (tertiary/aromatic N) is 3. The zero-order valence-electron chi connectivity index (χ0n) is 11.1. The smallest absolute Gasteiger partial charge is 0.136 e. The predicted octanol–water partition coefficient (Wildman–Crippen LogP) is 1.41. The molecule has 0 aliphatic heterocycles. The second kappa shape index (κ2) is 5.79. The fraction of sp³-hybridized carbons (Fsp3) is 0.308. The summed E-state index contributed by atoms with van der Waals surface area (Å²) in [6.07, 6.45) is 6.29. The number of aryl methyl sites for hydroxylation is 2. The van der Waals surface area contributed by atoms with Gasteiger partial charge in [-0.25, -0.2) is 9.97 Å². The molecule has 0 bridgehead atoms. The Balaban J connectivity index is 2.06. The van der Waals surface area contributed by atoms with Gasteiger partial charge in [-0.2, -0.15) is 0 Å². The number of nitrogens with one attached hydrogen (secondary N) is 1. The Morgan fingerprint density at radius 1 is 1.42 bits per heavy atom. The van der Waals surface area contributed by atoms with Gasteiger partial charge in [-0.15, -0.1) is 0 Å². The second-order valence-electron chi connectivity index (χ2n) is 4.35. The lowest BCUT2D eigenvalue weighted by molar-refractivity contribution is 0.788. The number of hydrogen-bond acceptors (Lipinski definition) is 4. The Bertz CT molecular complexity index is 590. The minimum atomic E-state index is 0.366. The van der Waals surface area contributed by atoms with Crippen molar-refractivity contribution in [2.24, 2.45) is 12.8 Å². The monoisotopic (exact) mass is 275 g/mol. The van der Waals surface area contributed by atoms with E-state index in [1.54, 1.807) is 12.4 Å². The third kappa shape index (κ3) is 3.08. The first-order chi connectivity index (χ1) is 9.09. The molecule has 0 radical (unpaired) electrons. The van der Waals surface area contributed by atoms with Gasteiger partial charge < -0.3 is 15.6 Å². The summed E-state index contributed by atoms with van der Waals surface area (Å²) in [5.74, 6) is 1.76. The molecule has 0 aromatic carbocycles. The van der Waals surface area contributed by atoms with E-state index in [0.29, 0.717) is 4.99 Å². The van der Waals surface area contributed by atoms with Crippen LogP contribution in [0.2, 0.25) is 0 Å². The Morgan fingerprint density at radius 2 is 2.21 bits per heavy atom. The molecule has 2 heterocycles. The quantitative estimate of drug-likeness (QED) is 0.808. The maximum atomic E-state index is 5.74. The summed E-state index contributed by atoms with van der Waals surface area (Å²) in [4.78, 5) is 8.94. The molecule has 0 amide bonds. The third-order valence-electron chi connectivity index (χ3n) is 2.97. The maximum absolute atomic E-state index is 5.74. The highest BCUT2D eigenvalue weighted by Gasteiger charge is 2.09. The van der Waals surface area contributed by atoms with E-state index in [-0.39, 0.29) is 0 Å². The lowest BCUT2D eigenvalue weighted by Crippen LogP contribution is -2.17. The van der Waals surface area contributed by atoms with E-state index in [0.717, 1.165) is 35.7 Å². The number of nitrogens with two attached hydrogens (primary N) is 1. The molecule has 2 aromatic heterocycles. The molecule has 2 aromatic rings. The number of anilines is 1. The second-order valence-corrected chi connectivity index (χ2v) is 4.79. The number of pyridine rings is 1. The molecule has 6 heteroatoms. The number of thiocarbonyl (C=S) groups is 1. The van der Waals surface area contributed by atoms with Crippen LogP contribution in [0.15, 0.2) is 24.7 Å². The lowest BCUT2D eigenvalue weighted by atomic mass is 10.1. The topological polar surface area (TPSA) is 68.8 Å².